The van der Waals surface area contributed by atoms with E-state index in [-0.39, 0.29) is 0 Å². The summed E-state index contributed by atoms with van der Waals surface area (Å²) >= 11 is 0. The Balaban J connectivity index is 3.36. The van der Waals surface area contributed by atoms with Crippen molar-refractivity contribution in [2.24, 2.45) is 0 Å². The number of carbonyl (C=O) groups is 1. The van der Waals surface area contributed by atoms with E-state index in [9.17, 15) is 4.79 Å². The van der Waals surface area contributed by atoms with Crippen LogP contribution in [0.5, 0.6) is 0 Å². The van der Waals surface area contributed by atoms with Gasteiger partial charge in [0.1, 0.15) is 6.29 Å². The Morgan fingerprint density at radius 3 is 2.36 bits per heavy atom. The Morgan fingerprint density at radius 2 is 1.64 bits per heavy atom. The number of carbonyl (C=O) groups excluding carboxylic acids is 1. The van der Waals surface area contributed by atoms with Crippen LogP contribution in [0.3, 0.4) is 0 Å². The molecule has 0 saturated carbocycles. The molecule has 0 heterocycles. The maximum Gasteiger partial charge on any atom is 0.120 e. The molecule has 0 aliphatic rings. The van der Waals surface area contributed by atoms with Gasteiger partial charge in [0, 0.05) is 6.42 Å². The van der Waals surface area contributed by atoms with Crippen LogP contribution in [0, 0.1) is 0 Å². The lowest BCUT2D eigenvalue weighted by Crippen LogP contribution is -1.72. The summed E-state index contributed by atoms with van der Waals surface area (Å²) in [6, 6.07) is 0. The van der Waals surface area contributed by atoms with Gasteiger partial charge in [-0.15, -0.1) is 0 Å². The SMILES string of the molecule is C=CC=CCC=CC=CCCCC=O. The monoisotopic (exact) mass is 190 g/mol. The normalized spacial score (nSPS) is 11.7. The van der Waals surface area contributed by atoms with Crippen LogP contribution in [0.1, 0.15) is 25.7 Å². The highest BCUT2D eigenvalue weighted by Crippen LogP contribution is 1.94. The third-order valence-corrected chi connectivity index (χ3v) is 1.62. The smallest absolute Gasteiger partial charge is 0.120 e. The molecule has 0 aromatic rings. The second-order valence-electron chi connectivity index (χ2n) is 2.85. The highest BCUT2D eigenvalue weighted by atomic mass is 16.1. The molecular weight excluding hydrogens is 172 g/mol. The molecule has 0 spiro atoms. The Morgan fingerprint density at radius 1 is 0.929 bits per heavy atom. The van der Waals surface area contributed by atoms with Crippen molar-refractivity contribution in [2.75, 3.05) is 0 Å². The van der Waals surface area contributed by atoms with Gasteiger partial charge < -0.3 is 4.79 Å². The lowest BCUT2D eigenvalue weighted by Gasteiger charge is -1.85. The summed E-state index contributed by atoms with van der Waals surface area (Å²) in [5.41, 5.74) is 0. The van der Waals surface area contributed by atoms with Crippen molar-refractivity contribution >= 4 is 6.29 Å². The highest BCUT2D eigenvalue weighted by molar-refractivity contribution is 5.49. The third kappa shape index (κ3) is 10.6. The van der Waals surface area contributed by atoms with Gasteiger partial charge in [0.05, 0.1) is 0 Å². The second kappa shape index (κ2) is 11.6. The number of rotatable bonds is 8. The Kier molecular flexibility index (Phi) is 10.5. The summed E-state index contributed by atoms with van der Waals surface area (Å²) in [6.07, 6.45) is 18.4. The van der Waals surface area contributed by atoms with Crippen molar-refractivity contribution in [1.29, 1.82) is 0 Å². The number of allylic oxidation sites excluding steroid dienone is 7. The molecule has 0 rings (SSSR count). The molecule has 0 aliphatic heterocycles. The molecule has 1 heteroatoms. The molecule has 0 aromatic carbocycles. The second-order valence-corrected chi connectivity index (χ2v) is 2.85. The van der Waals surface area contributed by atoms with Gasteiger partial charge in [-0.2, -0.15) is 0 Å². The van der Waals surface area contributed by atoms with Crippen LogP contribution in [0.15, 0.2) is 49.1 Å². The zero-order valence-corrected chi connectivity index (χ0v) is 8.56. The van der Waals surface area contributed by atoms with Crippen LogP contribution in [0.25, 0.3) is 0 Å². The van der Waals surface area contributed by atoms with Crippen LogP contribution in [0.4, 0.5) is 0 Å². The average molecular weight is 190 g/mol. The third-order valence-electron chi connectivity index (χ3n) is 1.62. The summed E-state index contributed by atoms with van der Waals surface area (Å²) in [6.45, 7) is 3.58. The fourth-order valence-electron chi connectivity index (χ4n) is 0.904. The van der Waals surface area contributed by atoms with Crippen molar-refractivity contribution in [1.82, 2.24) is 0 Å². The van der Waals surface area contributed by atoms with E-state index in [0.717, 1.165) is 25.5 Å². The number of hydrogen-bond donors (Lipinski definition) is 0. The molecule has 0 radical (unpaired) electrons. The summed E-state index contributed by atoms with van der Waals surface area (Å²) in [5, 5.41) is 0. The van der Waals surface area contributed by atoms with Gasteiger partial charge in [-0.3, -0.25) is 0 Å². The van der Waals surface area contributed by atoms with E-state index in [1.165, 1.54) is 0 Å². The Bertz CT molecular complexity index is 221. The van der Waals surface area contributed by atoms with E-state index in [1.807, 2.05) is 24.3 Å². The summed E-state index contributed by atoms with van der Waals surface area (Å²) in [4.78, 5) is 9.99. The van der Waals surface area contributed by atoms with E-state index in [1.54, 1.807) is 6.08 Å². The van der Waals surface area contributed by atoms with Crippen LogP contribution < -0.4 is 0 Å². The van der Waals surface area contributed by atoms with Crippen LogP contribution in [-0.2, 0) is 4.79 Å². The van der Waals surface area contributed by atoms with Gasteiger partial charge >= 0.3 is 0 Å². The summed E-state index contributed by atoms with van der Waals surface area (Å²) in [7, 11) is 0. The van der Waals surface area contributed by atoms with Crippen molar-refractivity contribution in [3.05, 3.63) is 49.1 Å². The van der Waals surface area contributed by atoms with Crippen LogP contribution >= 0.6 is 0 Å². The maximum absolute atomic E-state index is 9.99. The van der Waals surface area contributed by atoms with E-state index >= 15 is 0 Å². The molecule has 0 amide bonds. The van der Waals surface area contributed by atoms with Gasteiger partial charge in [-0.1, -0.05) is 49.1 Å². The van der Waals surface area contributed by atoms with E-state index < -0.39 is 0 Å². The van der Waals surface area contributed by atoms with Gasteiger partial charge in [0.25, 0.3) is 0 Å². The van der Waals surface area contributed by atoms with Crippen molar-refractivity contribution in [3.8, 4) is 0 Å². The van der Waals surface area contributed by atoms with Crippen LogP contribution in [-0.4, -0.2) is 6.29 Å². The predicted molar refractivity (Wildman–Crippen MR) is 62.1 cm³/mol. The summed E-state index contributed by atoms with van der Waals surface area (Å²) < 4.78 is 0. The molecule has 76 valence electrons. The molecule has 0 saturated heterocycles. The minimum absolute atomic E-state index is 0.663. The first-order chi connectivity index (χ1) is 6.91. The fraction of sp³-hybridized carbons (Fsp3) is 0.308. The first-order valence-corrected chi connectivity index (χ1v) is 4.94. The molecule has 0 aromatic heterocycles. The molecule has 0 bridgehead atoms. The van der Waals surface area contributed by atoms with Crippen molar-refractivity contribution in [3.63, 3.8) is 0 Å². The van der Waals surface area contributed by atoms with Gasteiger partial charge in [0.2, 0.25) is 0 Å². The number of aldehydes is 1. The highest BCUT2D eigenvalue weighted by Gasteiger charge is 1.79. The van der Waals surface area contributed by atoms with E-state index in [4.69, 9.17) is 0 Å². The quantitative estimate of drug-likeness (QED) is 0.325. The predicted octanol–water partition coefficient (Wildman–Crippen LogP) is 3.60. The zero-order chi connectivity index (χ0) is 10.5. The molecule has 0 N–H and O–H groups in total. The molecule has 0 unspecified atom stereocenters. The first-order valence-electron chi connectivity index (χ1n) is 4.94. The minimum atomic E-state index is 0.663. The number of hydrogen-bond acceptors (Lipinski definition) is 1. The van der Waals surface area contributed by atoms with Gasteiger partial charge in [-0.25, -0.2) is 0 Å². The molecule has 0 atom stereocenters. The topological polar surface area (TPSA) is 17.1 Å². The Labute approximate surface area is 86.5 Å². The standard InChI is InChI=1S/C13H18O/c1-2-3-4-5-6-7-8-9-10-11-12-13-14/h2-4,6-9,13H,1,5,10-12H2. The zero-order valence-electron chi connectivity index (χ0n) is 8.56. The van der Waals surface area contributed by atoms with E-state index in [0.29, 0.717) is 6.42 Å². The summed E-state index contributed by atoms with van der Waals surface area (Å²) in [5.74, 6) is 0. The lowest BCUT2D eigenvalue weighted by atomic mass is 10.2. The lowest BCUT2D eigenvalue weighted by molar-refractivity contribution is -0.107. The maximum atomic E-state index is 9.99. The van der Waals surface area contributed by atoms with Gasteiger partial charge in [0.15, 0.2) is 0 Å². The van der Waals surface area contributed by atoms with E-state index in [2.05, 4.69) is 18.7 Å². The van der Waals surface area contributed by atoms with Crippen LogP contribution in [0.2, 0.25) is 0 Å². The minimum Gasteiger partial charge on any atom is -0.303 e. The fourth-order valence-corrected chi connectivity index (χ4v) is 0.904. The molecule has 0 fully saturated rings. The van der Waals surface area contributed by atoms with Crippen molar-refractivity contribution < 1.29 is 4.79 Å². The first kappa shape index (κ1) is 12.6. The molecule has 14 heavy (non-hydrogen) atoms. The molecule has 0 aliphatic carbocycles. The van der Waals surface area contributed by atoms with Gasteiger partial charge in [-0.05, 0) is 19.3 Å². The van der Waals surface area contributed by atoms with Crippen molar-refractivity contribution in [2.45, 2.75) is 25.7 Å². The number of unbranched alkanes of at least 4 members (excludes halogenated alkanes) is 2. The largest absolute Gasteiger partial charge is 0.303 e. The molecular formula is C13H18O. The average Bonchev–Trinajstić information content (AvgIpc) is 2.21. The Hall–Kier alpha value is -1.37. The molecule has 1 nitrogen and oxygen atoms in total.